The molecule has 0 bridgehead atoms. The highest BCUT2D eigenvalue weighted by molar-refractivity contribution is 7.98. The molecule has 144 heavy (non-hydrogen) atoms. The second-order valence-corrected chi connectivity index (χ2v) is 37.7. The number of nitrogens with zero attached hydrogens (tertiary/aromatic N) is 2. The smallest absolute Gasteiger partial charge is 0.326 e. The summed E-state index contributed by atoms with van der Waals surface area (Å²) in [7, 11) is 0. The minimum Gasteiger partial charge on any atom is -0.508 e. The molecule has 18 amide bonds. The number of hydrogen-bond acceptors (Lipinski definition) is 31. The number of rotatable bonds is 66. The highest BCUT2D eigenvalue weighted by atomic mass is 32.2. The number of carbonyl (C=O) groups is 20. The van der Waals surface area contributed by atoms with Gasteiger partial charge >= 0.3 is 11.9 Å². The van der Waals surface area contributed by atoms with Gasteiger partial charge in [-0.05, 0) is 139 Å². The van der Waals surface area contributed by atoms with Crippen molar-refractivity contribution in [2.24, 2.45) is 35.1 Å². The zero-order valence-electron chi connectivity index (χ0n) is 83.2. The maximum Gasteiger partial charge on any atom is 0.326 e. The van der Waals surface area contributed by atoms with E-state index in [9.17, 15) is 132 Å². The van der Waals surface area contributed by atoms with E-state index in [0.29, 0.717) is 17.7 Å². The molecule has 0 aliphatic carbocycles. The molecule has 0 spiro atoms. The number of imidazole rings is 2. The third kappa shape index (κ3) is 45.1. The van der Waals surface area contributed by atoms with E-state index in [1.807, 2.05) is 6.92 Å². The fraction of sp³-hybridized carbons (Fsp3) is 0.629. The number of nitrogens with two attached hydrogens (primary N) is 2. The molecule has 0 saturated heterocycles. The Kier molecular flexibility index (Phi) is 55.1. The van der Waals surface area contributed by atoms with Crippen LogP contribution in [0.15, 0.2) is 49.3 Å². The third-order valence-electron chi connectivity index (χ3n) is 22.3. The van der Waals surface area contributed by atoms with Crippen LogP contribution < -0.4 is 112 Å². The number of aliphatic hydroxyl groups excluding tert-OH is 4. The van der Waals surface area contributed by atoms with Gasteiger partial charge in [0.15, 0.2) is 5.96 Å². The first-order chi connectivity index (χ1) is 67.6. The Morgan fingerprint density at radius 3 is 1.20 bits per heavy atom. The molecule has 2 aromatic heterocycles. The van der Waals surface area contributed by atoms with Gasteiger partial charge in [-0.2, -0.15) is 23.5 Å². The van der Waals surface area contributed by atoms with E-state index in [2.05, 4.69) is 121 Å². The molecule has 0 saturated carbocycles. The van der Waals surface area contributed by atoms with E-state index < -0.39 is 296 Å². The van der Waals surface area contributed by atoms with E-state index in [-0.39, 0.29) is 86.3 Å². The molecule has 0 aliphatic rings. The Bertz CT molecular complexity index is 4760. The predicted octanol–water partition coefficient (Wildman–Crippen LogP) is -8.52. The van der Waals surface area contributed by atoms with E-state index in [1.54, 1.807) is 33.3 Å². The van der Waals surface area contributed by atoms with Crippen LogP contribution in [0.25, 0.3) is 0 Å². The predicted molar refractivity (Wildman–Crippen MR) is 523 cm³/mol. The first-order valence-corrected chi connectivity index (χ1v) is 49.5. The number of amides is 18. The molecule has 0 unspecified atom stereocenters. The largest absolute Gasteiger partial charge is 0.508 e. The average molecular weight is 2070 g/mol. The topological polar surface area (TPSA) is 845 Å². The Labute approximate surface area is 840 Å². The number of aliphatic hydroxyl groups is 4. The molecule has 0 aliphatic heterocycles. The highest BCUT2D eigenvalue weighted by Crippen LogP contribution is 2.18. The third-order valence-corrected chi connectivity index (χ3v) is 23.6. The lowest BCUT2D eigenvalue weighted by atomic mass is 9.99. The molecule has 804 valence electrons. The maximum atomic E-state index is 14.5. The molecule has 0 fully saturated rings. The Morgan fingerprint density at radius 1 is 0.396 bits per heavy atom. The molecular weight excluding hydrogens is 1930 g/mol. The molecule has 2 heterocycles. The van der Waals surface area contributed by atoms with Crippen molar-refractivity contribution < 1.29 is 132 Å². The number of phenols is 1. The van der Waals surface area contributed by atoms with Crippen LogP contribution in [-0.4, -0.2) is 351 Å². The molecule has 21 atom stereocenters. The summed E-state index contributed by atoms with van der Waals surface area (Å²) in [5.41, 5.74) is 12.3. The number of guanidine groups is 1. The van der Waals surface area contributed by atoms with Crippen LogP contribution >= 0.6 is 23.5 Å². The van der Waals surface area contributed by atoms with Crippen LogP contribution in [-0.2, 0) is 115 Å². The summed E-state index contributed by atoms with van der Waals surface area (Å²) in [5.74, 6) is -23.8. The van der Waals surface area contributed by atoms with E-state index in [1.165, 1.54) is 114 Å². The van der Waals surface area contributed by atoms with Crippen LogP contribution in [0.1, 0.15) is 158 Å². The number of H-pyrrole nitrogens is 2. The number of hydrogen-bond donors (Lipinski definition) is 31. The second-order valence-electron chi connectivity index (χ2n) is 35.7. The summed E-state index contributed by atoms with van der Waals surface area (Å²) in [4.78, 5) is 289. The Hall–Kier alpha value is -13.4. The lowest BCUT2D eigenvalue weighted by molar-refractivity contribution is -0.142. The van der Waals surface area contributed by atoms with Crippen molar-refractivity contribution in [2.75, 3.05) is 50.2 Å². The first-order valence-electron chi connectivity index (χ1n) is 46.7. The number of thioether (sulfide) groups is 2. The minimum atomic E-state index is -1.99. The molecule has 0 radical (unpaired) electrons. The van der Waals surface area contributed by atoms with Crippen molar-refractivity contribution in [2.45, 2.75) is 282 Å². The first kappa shape index (κ1) is 125. The van der Waals surface area contributed by atoms with E-state index in [0.717, 1.165) is 20.8 Å². The number of aromatic hydroxyl groups is 1. The minimum absolute atomic E-state index is 0.0400. The SMILES string of the molecule is CC[C@H](C)[C@H](N)C(=O)NCC(=O)N[C@H](C(=O)NCC(=O)N[C@@H](CCCNC(=N)N)C(=O)N[C@@H](C)C(=O)N[C@@H](CCSC)C(=O)N[C@@H](CC(C)C)C(=O)NCC(=O)N[C@H](C(=O)N[C@@H](Cc1cnc[nH]1)C(=O)N[C@H](C(=O)N[C@@H](CCSC)C(=O)N[C@@H](CCC(=O)O)C(=O)N[C@H](C(=O)N[C@H](C(=O)N[C@H](C(=O)N[C@@H](Cc1ccc(O)cc1)C(=O)N[C@@H](Cc1cnc[nH]1)C(=O)O)C(C)C)[C@@H](C)O)C(C)C)[C@@H](C)O)[C@@H](C)O)[C@@H](C)O. The van der Waals surface area contributed by atoms with Gasteiger partial charge in [0.25, 0.3) is 0 Å². The van der Waals surface area contributed by atoms with Gasteiger partial charge in [0.05, 0.1) is 62.7 Å². The molecule has 53 nitrogen and oxygen atoms in total. The lowest BCUT2D eigenvalue weighted by Gasteiger charge is -2.30. The summed E-state index contributed by atoms with van der Waals surface area (Å²) in [5, 5.41) is 127. The van der Waals surface area contributed by atoms with Crippen molar-refractivity contribution in [3.63, 3.8) is 0 Å². The number of phenolic OH excluding ortho intramolecular Hbond substituents is 1. The fourth-order valence-electron chi connectivity index (χ4n) is 13.8. The quantitative estimate of drug-likeness (QED) is 0.0142. The highest BCUT2D eigenvalue weighted by Gasteiger charge is 2.42. The Morgan fingerprint density at radius 2 is 0.750 bits per heavy atom. The molecule has 3 rings (SSSR count). The maximum absolute atomic E-state index is 14.5. The van der Waals surface area contributed by atoms with Crippen molar-refractivity contribution in [3.05, 3.63) is 66.3 Å². The summed E-state index contributed by atoms with van der Waals surface area (Å²) in [6, 6.07) is -20.0. The molecule has 33 N–H and O–H groups in total. The molecular formula is C89H144N26O27S2. The van der Waals surface area contributed by atoms with Gasteiger partial charge in [0.2, 0.25) is 106 Å². The van der Waals surface area contributed by atoms with Crippen molar-refractivity contribution >= 4 is 148 Å². The number of aliphatic carboxylic acids is 2. The summed E-state index contributed by atoms with van der Waals surface area (Å²) in [6.45, 7) is 16.3. The number of aromatic amines is 2. The number of nitrogens with one attached hydrogen (secondary N) is 22. The van der Waals surface area contributed by atoms with Crippen LogP contribution in [0, 0.1) is 29.1 Å². The monoisotopic (exact) mass is 2070 g/mol. The standard InChI is InChI=1S/C89H144N26O27S2/c1-16-44(8)66(90)81(134)97-38-64(123)110-69(46(10)116)82(135)98-36-62(121)102-54(18-17-27-95-89(91)92)75(128)101-45(9)73(126)103-56(25-28-143-14)77(130)106-58(30-41(2)3)74(127)96-37-63(122)111-70(47(11)117)85(138)108-60(32-51-34-93-39-99-51)80(133)114-71(48(12)118)86(139)105-57(26-29-144-15)76(129)104-55(23-24-65(124)125)78(131)112-68(43(6)7)84(137)115-72(49(13)119)87(140)113-67(42(4)5)83(136)107-59(31-50-19-21-53(120)22-20-50)79(132)109-61(88(141)142)33-52-35-94-40-100-52/h19-22,34-35,39-49,54-61,66-72,116-120H,16-18,23-33,36-38,90H2,1-15H3,(H,93,99)(H,94,100)(H,96,127)(H,97,134)(H,98,135)(H,101,128)(H,102,121)(H,103,126)(H,104,129)(H,105,139)(H,106,130)(H,107,136)(H,108,138)(H,109,132)(H,110,123)(H,111,122)(H,112,131)(H,113,140)(H,114,133)(H,115,137)(H,124,125)(H,141,142)(H4,91,92,95)/t44-,45-,46+,47+,48+,49+,54-,55-,56-,57-,58-,59-,60-,61-,66-,67-,68-,69-,70-,71-,72-/m0/s1. The lowest BCUT2D eigenvalue weighted by Crippen LogP contribution is -2.63. The summed E-state index contributed by atoms with van der Waals surface area (Å²) in [6.07, 6.45) is -0.595. The fourth-order valence-corrected chi connectivity index (χ4v) is 14.7. The van der Waals surface area contributed by atoms with Gasteiger partial charge in [-0.15, -0.1) is 0 Å². The average Bonchev–Trinajstić information content (AvgIpc) is 0.877. The van der Waals surface area contributed by atoms with Gasteiger partial charge in [0, 0.05) is 56.0 Å². The van der Waals surface area contributed by atoms with Crippen LogP contribution in [0.3, 0.4) is 0 Å². The molecule has 3 aromatic rings. The zero-order chi connectivity index (χ0) is 109. The van der Waals surface area contributed by atoms with Crippen molar-refractivity contribution in [1.82, 2.24) is 121 Å². The zero-order valence-corrected chi connectivity index (χ0v) is 84.8. The van der Waals surface area contributed by atoms with Gasteiger partial charge in [-0.1, -0.05) is 73.9 Å². The van der Waals surface area contributed by atoms with Gasteiger partial charge < -0.3 is 158 Å². The number of carbonyl (C=O) groups excluding carboxylic acids is 18. The van der Waals surface area contributed by atoms with Crippen LogP contribution in [0.2, 0.25) is 0 Å². The Balaban J connectivity index is 1.81. The number of carboxylic acid groups (broad SMARTS) is 2. The second kappa shape index (κ2) is 63.6. The van der Waals surface area contributed by atoms with Crippen molar-refractivity contribution in [3.8, 4) is 5.75 Å². The van der Waals surface area contributed by atoms with E-state index in [4.69, 9.17) is 16.9 Å². The normalized spacial score (nSPS) is 15.6. The summed E-state index contributed by atoms with van der Waals surface area (Å²) < 4.78 is 0. The van der Waals surface area contributed by atoms with Crippen LogP contribution in [0.4, 0.5) is 0 Å². The number of benzene rings is 1. The molecule has 1 aromatic carbocycles. The van der Waals surface area contributed by atoms with Gasteiger partial charge in [0.1, 0.15) is 96.4 Å². The van der Waals surface area contributed by atoms with Crippen LogP contribution in [0.5, 0.6) is 5.75 Å². The van der Waals surface area contributed by atoms with Crippen molar-refractivity contribution in [1.29, 1.82) is 5.41 Å². The van der Waals surface area contributed by atoms with Gasteiger partial charge in [-0.25, -0.2) is 14.8 Å². The number of aromatic nitrogens is 4. The molecule has 55 heteroatoms. The van der Waals surface area contributed by atoms with E-state index >= 15 is 0 Å². The number of carboxylic acids is 2. The van der Waals surface area contributed by atoms with Gasteiger partial charge in [-0.3, -0.25) is 96.5 Å². The summed E-state index contributed by atoms with van der Waals surface area (Å²) >= 11 is 2.46.